The van der Waals surface area contributed by atoms with Gasteiger partial charge in [0.1, 0.15) is 0 Å². The van der Waals surface area contributed by atoms with Gasteiger partial charge in [-0.05, 0) is 20.3 Å². The van der Waals surface area contributed by atoms with E-state index in [0.717, 1.165) is 0 Å². The molecule has 0 amide bonds. The number of hydrogen-bond donors (Lipinski definition) is 0. The lowest BCUT2D eigenvalue weighted by Gasteiger charge is -2.06. The van der Waals surface area contributed by atoms with Gasteiger partial charge in [-0.2, -0.15) is 0 Å². The van der Waals surface area contributed by atoms with Crippen molar-refractivity contribution in [3.63, 3.8) is 0 Å². The number of allylic oxidation sites excluding steroid dienone is 4. The summed E-state index contributed by atoms with van der Waals surface area (Å²) < 4.78 is 0. The highest BCUT2D eigenvalue weighted by atomic mass is 28.3. The van der Waals surface area contributed by atoms with Gasteiger partial charge in [-0.3, -0.25) is 0 Å². The van der Waals surface area contributed by atoms with E-state index in [1.165, 1.54) is 12.0 Å². The first-order valence-electron chi connectivity index (χ1n) is 3.80. The molecule has 0 saturated heterocycles. The monoisotopic (exact) mass is 151 g/mol. The highest BCUT2D eigenvalue weighted by molar-refractivity contribution is 6.64. The standard InChI is InChI=1S/C9H15Si/c1-7-5-6-9(8(7)2)10(3)4/h5H,6H2,1-4H3. The topological polar surface area (TPSA) is 0 Å². The second kappa shape index (κ2) is 2.75. The van der Waals surface area contributed by atoms with Crippen LogP contribution in [0, 0.1) is 0 Å². The average Bonchev–Trinajstić information content (AvgIpc) is 2.14. The number of rotatable bonds is 1. The van der Waals surface area contributed by atoms with E-state index < -0.39 is 0 Å². The van der Waals surface area contributed by atoms with Crippen LogP contribution >= 0.6 is 0 Å². The molecule has 55 valence electrons. The third kappa shape index (κ3) is 1.24. The Morgan fingerprint density at radius 1 is 1.30 bits per heavy atom. The van der Waals surface area contributed by atoms with Crippen molar-refractivity contribution < 1.29 is 0 Å². The molecule has 1 rings (SSSR count). The second-order valence-electron chi connectivity index (χ2n) is 3.19. The molecule has 0 spiro atoms. The van der Waals surface area contributed by atoms with Crippen LogP contribution in [0.25, 0.3) is 0 Å². The Morgan fingerprint density at radius 3 is 2.10 bits per heavy atom. The van der Waals surface area contributed by atoms with E-state index in [9.17, 15) is 0 Å². The lowest BCUT2D eigenvalue weighted by Crippen LogP contribution is -2.04. The molecule has 1 heteroatoms. The Balaban J connectivity index is 2.84. The predicted molar refractivity (Wildman–Crippen MR) is 48.6 cm³/mol. The van der Waals surface area contributed by atoms with Gasteiger partial charge in [-0.1, -0.05) is 35.5 Å². The van der Waals surface area contributed by atoms with Crippen molar-refractivity contribution in [2.75, 3.05) is 0 Å². The summed E-state index contributed by atoms with van der Waals surface area (Å²) in [6.07, 6.45) is 3.58. The van der Waals surface area contributed by atoms with Crippen molar-refractivity contribution in [2.24, 2.45) is 0 Å². The molecular formula is C9H15Si. The van der Waals surface area contributed by atoms with Gasteiger partial charge in [0.2, 0.25) is 0 Å². The quantitative estimate of drug-likeness (QED) is 0.505. The zero-order valence-electron chi connectivity index (χ0n) is 7.28. The Kier molecular flexibility index (Phi) is 2.14. The molecule has 0 nitrogen and oxygen atoms in total. The molecule has 0 fully saturated rings. The average molecular weight is 151 g/mol. The zero-order chi connectivity index (χ0) is 7.72. The molecule has 1 aliphatic rings. The maximum absolute atomic E-state index is 2.37. The Hall–Kier alpha value is -0.303. The van der Waals surface area contributed by atoms with E-state index >= 15 is 0 Å². The summed E-state index contributed by atoms with van der Waals surface area (Å²) in [6, 6.07) is 0. The minimum absolute atomic E-state index is 0.166. The molecular weight excluding hydrogens is 136 g/mol. The molecule has 0 aromatic carbocycles. The van der Waals surface area contributed by atoms with E-state index in [2.05, 4.69) is 33.0 Å². The highest BCUT2D eigenvalue weighted by Gasteiger charge is 2.13. The smallest absolute Gasteiger partial charge is 0.0744 e. The molecule has 1 radical (unpaired) electrons. The Bertz CT molecular complexity index is 197. The van der Waals surface area contributed by atoms with E-state index in [0.29, 0.717) is 0 Å². The van der Waals surface area contributed by atoms with Gasteiger partial charge < -0.3 is 0 Å². The molecule has 0 heterocycles. The fraction of sp³-hybridized carbons (Fsp3) is 0.556. The Labute approximate surface area is 65.3 Å². The maximum Gasteiger partial charge on any atom is 0.0744 e. The lowest BCUT2D eigenvalue weighted by atomic mass is 10.2. The molecule has 0 N–H and O–H groups in total. The van der Waals surface area contributed by atoms with Crippen LogP contribution < -0.4 is 0 Å². The summed E-state index contributed by atoms with van der Waals surface area (Å²) >= 11 is 0. The highest BCUT2D eigenvalue weighted by Crippen LogP contribution is 2.26. The van der Waals surface area contributed by atoms with Crippen LogP contribution in [0.4, 0.5) is 0 Å². The summed E-state index contributed by atoms with van der Waals surface area (Å²) in [4.78, 5) is 0. The van der Waals surface area contributed by atoms with E-state index in [1.807, 2.05) is 0 Å². The maximum atomic E-state index is 2.37. The van der Waals surface area contributed by atoms with Gasteiger partial charge in [0.15, 0.2) is 0 Å². The molecule has 10 heavy (non-hydrogen) atoms. The molecule has 0 unspecified atom stereocenters. The van der Waals surface area contributed by atoms with Crippen molar-refractivity contribution >= 4 is 8.80 Å². The van der Waals surface area contributed by atoms with Crippen molar-refractivity contribution in [1.82, 2.24) is 0 Å². The molecule has 1 aliphatic carbocycles. The fourth-order valence-corrected chi connectivity index (χ4v) is 2.84. The van der Waals surface area contributed by atoms with Crippen LogP contribution in [-0.4, -0.2) is 8.80 Å². The second-order valence-corrected chi connectivity index (χ2v) is 5.80. The van der Waals surface area contributed by atoms with E-state index in [1.54, 1.807) is 10.8 Å². The zero-order valence-corrected chi connectivity index (χ0v) is 8.28. The summed E-state index contributed by atoms with van der Waals surface area (Å²) in [7, 11) is -0.166. The minimum Gasteiger partial charge on any atom is -0.0777 e. The van der Waals surface area contributed by atoms with Crippen LogP contribution in [0.2, 0.25) is 13.1 Å². The molecule has 0 bridgehead atoms. The molecule has 0 atom stereocenters. The van der Waals surface area contributed by atoms with Crippen molar-refractivity contribution in [2.45, 2.75) is 33.4 Å². The van der Waals surface area contributed by atoms with Crippen LogP contribution in [0.1, 0.15) is 20.3 Å². The fourth-order valence-electron chi connectivity index (χ4n) is 1.38. The Morgan fingerprint density at radius 2 is 1.90 bits per heavy atom. The van der Waals surface area contributed by atoms with Crippen LogP contribution in [0.5, 0.6) is 0 Å². The predicted octanol–water partition coefficient (Wildman–Crippen LogP) is 2.95. The lowest BCUT2D eigenvalue weighted by molar-refractivity contribution is 1.34. The molecule has 0 aromatic rings. The largest absolute Gasteiger partial charge is 0.0777 e. The van der Waals surface area contributed by atoms with E-state index in [-0.39, 0.29) is 8.80 Å². The molecule has 0 aliphatic heterocycles. The van der Waals surface area contributed by atoms with Gasteiger partial charge in [-0.25, -0.2) is 0 Å². The van der Waals surface area contributed by atoms with Crippen LogP contribution in [0.15, 0.2) is 22.4 Å². The number of hydrogen-bond acceptors (Lipinski definition) is 0. The van der Waals surface area contributed by atoms with Crippen molar-refractivity contribution in [3.05, 3.63) is 22.4 Å². The first kappa shape index (κ1) is 7.80. The first-order chi connectivity index (χ1) is 4.63. The van der Waals surface area contributed by atoms with Gasteiger partial charge in [0.05, 0.1) is 8.80 Å². The normalized spacial score (nSPS) is 18.7. The van der Waals surface area contributed by atoms with Gasteiger partial charge >= 0.3 is 0 Å². The summed E-state index contributed by atoms with van der Waals surface area (Å²) in [5.41, 5.74) is 3.07. The van der Waals surface area contributed by atoms with Crippen molar-refractivity contribution in [1.29, 1.82) is 0 Å². The molecule has 0 aromatic heterocycles. The molecule has 0 saturated carbocycles. The minimum atomic E-state index is -0.166. The third-order valence-corrected chi connectivity index (χ3v) is 4.05. The third-order valence-electron chi connectivity index (χ3n) is 2.26. The SMILES string of the molecule is CC1=CCC([Si](C)C)=C1C. The first-order valence-corrected chi connectivity index (χ1v) is 6.30. The van der Waals surface area contributed by atoms with E-state index in [4.69, 9.17) is 0 Å². The van der Waals surface area contributed by atoms with Gasteiger partial charge in [0, 0.05) is 0 Å². The van der Waals surface area contributed by atoms with Gasteiger partial charge in [0.25, 0.3) is 0 Å². The van der Waals surface area contributed by atoms with Crippen LogP contribution in [-0.2, 0) is 0 Å². The summed E-state index contributed by atoms with van der Waals surface area (Å²) in [5, 5.41) is 1.72. The van der Waals surface area contributed by atoms with Crippen molar-refractivity contribution in [3.8, 4) is 0 Å². The van der Waals surface area contributed by atoms with Gasteiger partial charge in [-0.15, -0.1) is 0 Å². The summed E-state index contributed by atoms with van der Waals surface area (Å²) in [6.45, 7) is 9.21. The van der Waals surface area contributed by atoms with Crippen LogP contribution in [0.3, 0.4) is 0 Å². The summed E-state index contributed by atoms with van der Waals surface area (Å²) in [5.74, 6) is 0.